The van der Waals surface area contributed by atoms with Gasteiger partial charge in [-0.2, -0.15) is 0 Å². The van der Waals surface area contributed by atoms with Crippen LogP contribution in [0.15, 0.2) is 24.3 Å². The summed E-state index contributed by atoms with van der Waals surface area (Å²) in [7, 11) is 0. The van der Waals surface area contributed by atoms with Gasteiger partial charge in [-0.1, -0.05) is 43.5 Å². The van der Waals surface area contributed by atoms with Crippen LogP contribution in [0.5, 0.6) is 0 Å². The Kier molecular flexibility index (Phi) is 4.27. The van der Waals surface area contributed by atoms with Crippen molar-refractivity contribution in [3.63, 3.8) is 0 Å². The monoisotopic (exact) mass is 288 g/mol. The lowest BCUT2D eigenvalue weighted by Gasteiger charge is -2.38. The average Bonchev–Trinajstić information content (AvgIpc) is 2.55. The topological polar surface area (TPSA) is 61.4 Å². The minimum absolute atomic E-state index is 0.0422. The van der Waals surface area contributed by atoms with E-state index >= 15 is 0 Å². The molecule has 114 valence electrons. The van der Waals surface area contributed by atoms with Crippen molar-refractivity contribution in [1.82, 2.24) is 10.6 Å². The molecule has 1 heterocycles. The highest BCUT2D eigenvalue weighted by Crippen LogP contribution is 2.30. The lowest BCUT2D eigenvalue weighted by molar-refractivity contribution is -0.125. The van der Waals surface area contributed by atoms with Crippen molar-refractivity contribution < 1.29 is 9.90 Å². The number of hydrogen-bond acceptors (Lipinski definition) is 3. The van der Waals surface area contributed by atoms with Gasteiger partial charge in [-0.15, -0.1) is 0 Å². The highest BCUT2D eigenvalue weighted by molar-refractivity contribution is 5.85. The van der Waals surface area contributed by atoms with Crippen LogP contribution < -0.4 is 10.6 Å². The molecule has 1 aliphatic carbocycles. The second kappa shape index (κ2) is 6.16. The standard InChI is InChI=1S/C17H24N2O2/c20-12-17(8-4-1-5-9-17)19-16(21)15-11-18-10-13-6-2-3-7-14(13)15/h2-3,6-7,15,18,20H,1,4-5,8-12H2,(H,19,21). The smallest absolute Gasteiger partial charge is 0.229 e. The van der Waals surface area contributed by atoms with Crippen molar-refractivity contribution in [1.29, 1.82) is 0 Å². The van der Waals surface area contributed by atoms with E-state index in [1.807, 2.05) is 18.2 Å². The van der Waals surface area contributed by atoms with Gasteiger partial charge in [0.1, 0.15) is 0 Å². The van der Waals surface area contributed by atoms with Gasteiger partial charge >= 0.3 is 0 Å². The van der Waals surface area contributed by atoms with E-state index in [-0.39, 0.29) is 18.4 Å². The minimum atomic E-state index is -0.401. The van der Waals surface area contributed by atoms with Crippen LogP contribution in [0.25, 0.3) is 0 Å². The molecule has 4 nitrogen and oxygen atoms in total. The average molecular weight is 288 g/mol. The summed E-state index contributed by atoms with van der Waals surface area (Å²) in [5.74, 6) is -0.106. The molecule has 1 saturated carbocycles. The van der Waals surface area contributed by atoms with Gasteiger partial charge in [-0.25, -0.2) is 0 Å². The first kappa shape index (κ1) is 14.5. The van der Waals surface area contributed by atoms with Crippen LogP contribution in [0.1, 0.15) is 49.1 Å². The van der Waals surface area contributed by atoms with Crippen molar-refractivity contribution in [2.45, 2.75) is 50.1 Å². The molecule has 3 rings (SSSR count). The zero-order valence-corrected chi connectivity index (χ0v) is 12.4. The fraction of sp³-hybridized carbons (Fsp3) is 0.588. The first-order chi connectivity index (χ1) is 10.2. The van der Waals surface area contributed by atoms with Gasteiger partial charge in [-0.05, 0) is 24.0 Å². The molecule has 1 aliphatic heterocycles. The normalized spacial score (nSPS) is 24.1. The molecule has 3 N–H and O–H groups in total. The van der Waals surface area contributed by atoms with Crippen LogP contribution in [0.3, 0.4) is 0 Å². The van der Waals surface area contributed by atoms with E-state index in [1.165, 1.54) is 12.0 Å². The number of hydrogen-bond donors (Lipinski definition) is 3. The van der Waals surface area contributed by atoms with Gasteiger partial charge in [0.05, 0.1) is 18.1 Å². The second-order valence-electron chi connectivity index (χ2n) is 6.37. The zero-order valence-electron chi connectivity index (χ0n) is 12.4. The Morgan fingerprint density at radius 1 is 1.29 bits per heavy atom. The lowest BCUT2D eigenvalue weighted by atomic mass is 9.81. The maximum Gasteiger partial charge on any atom is 0.229 e. The van der Waals surface area contributed by atoms with E-state index < -0.39 is 5.54 Å². The number of benzene rings is 1. The van der Waals surface area contributed by atoms with E-state index in [0.717, 1.165) is 37.8 Å². The van der Waals surface area contributed by atoms with Gasteiger partial charge in [0, 0.05) is 13.1 Å². The summed E-state index contributed by atoms with van der Waals surface area (Å²) >= 11 is 0. The van der Waals surface area contributed by atoms with E-state index in [4.69, 9.17) is 0 Å². The summed E-state index contributed by atoms with van der Waals surface area (Å²) in [6, 6.07) is 8.13. The van der Waals surface area contributed by atoms with E-state index in [9.17, 15) is 9.90 Å². The Labute approximate surface area is 125 Å². The number of amides is 1. The Balaban J connectivity index is 1.77. The first-order valence-corrected chi connectivity index (χ1v) is 7.95. The third kappa shape index (κ3) is 2.97. The molecule has 0 spiro atoms. The maximum absolute atomic E-state index is 12.7. The second-order valence-corrected chi connectivity index (χ2v) is 6.37. The Morgan fingerprint density at radius 2 is 2.05 bits per heavy atom. The predicted molar refractivity (Wildman–Crippen MR) is 81.9 cm³/mol. The van der Waals surface area contributed by atoms with Crippen molar-refractivity contribution in [3.8, 4) is 0 Å². The van der Waals surface area contributed by atoms with Gasteiger partial charge in [0.2, 0.25) is 5.91 Å². The highest BCUT2D eigenvalue weighted by Gasteiger charge is 2.36. The minimum Gasteiger partial charge on any atom is -0.394 e. The van der Waals surface area contributed by atoms with Gasteiger partial charge in [0.25, 0.3) is 0 Å². The summed E-state index contributed by atoms with van der Waals surface area (Å²) in [6.45, 7) is 1.54. The molecular formula is C17H24N2O2. The summed E-state index contributed by atoms with van der Waals surface area (Å²) in [5.41, 5.74) is 1.92. The fourth-order valence-corrected chi connectivity index (χ4v) is 3.63. The van der Waals surface area contributed by atoms with E-state index in [1.54, 1.807) is 0 Å². The van der Waals surface area contributed by atoms with E-state index in [0.29, 0.717) is 6.54 Å². The Hall–Kier alpha value is -1.39. The van der Waals surface area contributed by atoms with Gasteiger partial charge in [0.15, 0.2) is 0 Å². The Bertz CT molecular complexity index is 509. The third-order valence-electron chi connectivity index (χ3n) is 4.91. The summed E-state index contributed by atoms with van der Waals surface area (Å²) in [6.07, 6.45) is 5.14. The van der Waals surface area contributed by atoms with Crippen LogP contribution in [0, 0.1) is 0 Å². The molecule has 1 fully saturated rings. The summed E-state index contributed by atoms with van der Waals surface area (Å²) in [4.78, 5) is 12.7. The van der Waals surface area contributed by atoms with Crippen LogP contribution in [-0.4, -0.2) is 29.7 Å². The van der Waals surface area contributed by atoms with Gasteiger partial charge in [-0.3, -0.25) is 4.79 Å². The predicted octanol–water partition coefficient (Wildman–Crippen LogP) is 1.68. The maximum atomic E-state index is 12.7. The molecule has 21 heavy (non-hydrogen) atoms. The van der Waals surface area contributed by atoms with Crippen molar-refractivity contribution >= 4 is 5.91 Å². The fourth-order valence-electron chi connectivity index (χ4n) is 3.63. The molecule has 1 atom stereocenters. The van der Waals surface area contributed by atoms with Gasteiger partial charge < -0.3 is 15.7 Å². The largest absolute Gasteiger partial charge is 0.394 e. The summed E-state index contributed by atoms with van der Waals surface area (Å²) in [5, 5.41) is 16.2. The SMILES string of the molecule is O=C(NC1(CO)CCCCC1)C1CNCc2ccccc21. The lowest BCUT2D eigenvalue weighted by Crippen LogP contribution is -2.55. The molecule has 1 aromatic carbocycles. The number of carbonyl (C=O) groups is 1. The molecule has 0 radical (unpaired) electrons. The summed E-state index contributed by atoms with van der Waals surface area (Å²) < 4.78 is 0. The van der Waals surface area contributed by atoms with Crippen molar-refractivity contribution in [2.75, 3.05) is 13.2 Å². The van der Waals surface area contributed by atoms with Crippen LogP contribution in [-0.2, 0) is 11.3 Å². The quantitative estimate of drug-likeness (QED) is 0.793. The molecule has 1 unspecified atom stereocenters. The zero-order chi connectivity index (χ0) is 14.7. The molecule has 0 saturated heterocycles. The highest BCUT2D eigenvalue weighted by atomic mass is 16.3. The van der Waals surface area contributed by atoms with Crippen LogP contribution in [0.2, 0.25) is 0 Å². The van der Waals surface area contributed by atoms with Crippen molar-refractivity contribution in [3.05, 3.63) is 35.4 Å². The van der Waals surface area contributed by atoms with Crippen LogP contribution >= 0.6 is 0 Å². The molecule has 1 aromatic rings. The van der Waals surface area contributed by atoms with E-state index in [2.05, 4.69) is 16.7 Å². The number of nitrogens with one attached hydrogen (secondary N) is 2. The molecule has 0 bridgehead atoms. The number of carbonyl (C=O) groups excluding carboxylic acids is 1. The number of aliphatic hydroxyl groups excluding tert-OH is 1. The molecule has 1 amide bonds. The molecule has 2 aliphatic rings. The Morgan fingerprint density at radius 3 is 2.81 bits per heavy atom. The molecule has 0 aromatic heterocycles. The van der Waals surface area contributed by atoms with Crippen molar-refractivity contribution in [2.24, 2.45) is 0 Å². The number of aliphatic hydroxyl groups is 1. The third-order valence-corrected chi connectivity index (χ3v) is 4.91. The molecule has 4 heteroatoms. The molecular weight excluding hydrogens is 264 g/mol. The number of rotatable bonds is 3. The number of fused-ring (bicyclic) bond motifs is 1. The first-order valence-electron chi connectivity index (χ1n) is 7.95. The van der Waals surface area contributed by atoms with Crippen LogP contribution in [0.4, 0.5) is 0 Å².